The van der Waals surface area contributed by atoms with Crippen molar-refractivity contribution in [3.63, 3.8) is 0 Å². The van der Waals surface area contributed by atoms with E-state index >= 15 is 0 Å². The Morgan fingerprint density at radius 3 is 2.71 bits per heavy atom. The van der Waals surface area contributed by atoms with Crippen LogP contribution in [0.5, 0.6) is 5.75 Å². The van der Waals surface area contributed by atoms with Gasteiger partial charge < -0.3 is 10.1 Å². The number of hydrogen-bond acceptors (Lipinski definition) is 2. The van der Waals surface area contributed by atoms with Gasteiger partial charge in [-0.15, -0.1) is 0 Å². The van der Waals surface area contributed by atoms with E-state index in [1.54, 1.807) is 18.2 Å². The molecule has 0 spiro atoms. The summed E-state index contributed by atoms with van der Waals surface area (Å²) < 4.78 is 5.74. The molecule has 0 radical (unpaired) electrons. The second-order valence-electron chi connectivity index (χ2n) is 5.86. The van der Waals surface area contributed by atoms with E-state index in [2.05, 4.69) is 36.5 Å². The van der Waals surface area contributed by atoms with Crippen LogP contribution in [0.15, 0.2) is 48.5 Å². The SMILES string of the molecule is CC[C@H](Oc1cccc(Cl)c1)C(=O)NCCCc1cccc(C)c1. The summed E-state index contributed by atoms with van der Waals surface area (Å²) in [5, 5.41) is 3.55. The number of ether oxygens (including phenoxy) is 1. The first-order valence-corrected chi connectivity index (χ1v) is 8.71. The Morgan fingerprint density at radius 2 is 2.00 bits per heavy atom. The van der Waals surface area contributed by atoms with Gasteiger partial charge in [0.2, 0.25) is 0 Å². The van der Waals surface area contributed by atoms with E-state index < -0.39 is 6.10 Å². The molecule has 2 aromatic rings. The molecule has 0 unspecified atom stereocenters. The van der Waals surface area contributed by atoms with Crippen LogP contribution in [0, 0.1) is 6.92 Å². The normalized spacial score (nSPS) is 11.8. The van der Waals surface area contributed by atoms with Crippen LogP contribution in [-0.2, 0) is 11.2 Å². The molecule has 0 aliphatic heterocycles. The highest BCUT2D eigenvalue weighted by Crippen LogP contribution is 2.19. The number of aryl methyl sites for hydroxylation is 2. The molecule has 1 atom stereocenters. The van der Waals surface area contributed by atoms with Crippen molar-refractivity contribution in [2.75, 3.05) is 6.54 Å². The first-order valence-electron chi connectivity index (χ1n) is 8.34. The molecule has 0 heterocycles. The summed E-state index contributed by atoms with van der Waals surface area (Å²) in [5.74, 6) is 0.533. The topological polar surface area (TPSA) is 38.3 Å². The lowest BCUT2D eigenvalue weighted by atomic mass is 10.1. The molecular weight excluding hydrogens is 322 g/mol. The second-order valence-corrected chi connectivity index (χ2v) is 6.29. The van der Waals surface area contributed by atoms with Crippen LogP contribution in [-0.4, -0.2) is 18.6 Å². The average molecular weight is 346 g/mol. The summed E-state index contributed by atoms with van der Waals surface area (Å²) in [6.45, 7) is 4.66. The Hall–Kier alpha value is -2.00. The Balaban J connectivity index is 1.77. The third kappa shape index (κ3) is 5.89. The standard InChI is InChI=1S/C20H24ClNO2/c1-3-19(24-18-11-5-10-17(21)14-18)20(23)22-12-6-9-16-8-4-7-15(2)13-16/h4-5,7-8,10-11,13-14,19H,3,6,9,12H2,1-2H3,(H,22,23)/t19-/m0/s1. The minimum absolute atomic E-state index is 0.0817. The van der Waals surface area contributed by atoms with Crippen molar-refractivity contribution in [1.29, 1.82) is 0 Å². The zero-order valence-electron chi connectivity index (χ0n) is 14.2. The van der Waals surface area contributed by atoms with Crippen LogP contribution in [0.3, 0.4) is 0 Å². The van der Waals surface area contributed by atoms with Crippen molar-refractivity contribution in [3.8, 4) is 5.75 Å². The van der Waals surface area contributed by atoms with E-state index in [-0.39, 0.29) is 5.91 Å². The minimum atomic E-state index is -0.498. The summed E-state index contributed by atoms with van der Waals surface area (Å²) >= 11 is 5.94. The molecule has 24 heavy (non-hydrogen) atoms. The van der Waals surface area contributed by atoms with Crippen LogP contribution in [0.2, 0.25) is 5.02 Å². The highest BCUT2D eigenvalue weighted by atomic mass is 35.5. The highest BCUT2D eigenvalue weighted by molar-refractivity contribution is 6.30. The fraction of sp³-hybridized carbons (Fsp3) is 0.350. The van der Waals surface area contributed by atoms with E-state index in [1.807, 2.05) is 13.0 Å². The number of carbonyl (C=O) groups excluding carboxylic acids is 1. The second kappa shape index (κ2) is 9.33. The van der Waals surface area contributed by atoms with E-state index in [4.69, 9.17) is 16.3 Å². The summed E-state index contributed by atoms with van der Waals surface area (Å²) in [6.07, 6.45) is 1.97. The molecule has 0 aliphatic rings. The van der Waals surface area contributed by atoms with Gasteiger partial charge in [-0.1, -0.05) is 54.4 Å². The van der Waals surface area contributed by atoms with E-state index in [9.17, 15) is 4.79 Å². The molecule has 0 saturated carbocycles. The smallest absolute Gasteiger partial charge is 0.261 e. The Labute approximate surface area is 149 Å². The summed E-state index contributed by atoms with van der Waals surface area (Å²) in [5.41, 5.74) is 2.56. The minimum Gasteiger partial charge on any atom is -0.481 e. The van der Waals surface area contributed by atoms with Gasteiger partial charge in [-0.2, -0.15) is 0 Å². The third-order valence-corrected chi connectivity index (χ3v) is 4.00. The molecule has 0 bridgehead atoms. The quantitative estimate of drug-likeness (QED) is 0.712. The molecule has 1 N–H and O–H groups in total. The van der Waals surface area contributed by atoms with Crippen LogP contribution in [0.4, 0.5) is 0 Å². The fourth-order valence-electron chi connectivity index (χ4n) is 2.51. The first-order chi connectivity index (χ1) is 11.6. The van der Waals surface area contributed by atoms with E-state index in [0.717, 1.165) is 12.8 Å². The molecule has 0 saturated heterocycles. The lowest BCUT2D eigenvalue weighted by Gasteiger charge is -2.17. The molecule has 2 aromatic carbocycles. The molecule has 1 amide bonds. The summed E-state index contributed by atoms with van der Waals surface area (Å²) in [7, 11) is 0. The third-order valence-electron chi connectivity index (χ3n) is 3.76. The largest absolute Gasteiger partial charge is 0.481 e. The molecule has 0 aliphatic carbocycles. The number of carbonyl (C=O) groups is 1. The van der Waals surface area contributed by atoms with Crippen molar-refractivity contribution < 1.29 is 9.53 Å². The van der Waals surface area contributed by atoms with Crippen molar-refractivity contribution in [2.24, 2.45) is 0 Å². The van der Waals surface area contributed by atoms with Gasteiger partial charge in [0.1, 0.15) is 5.75 Å². The van der Waals surface area contributed by atoms with Gasteiger partial charge in [0.05, 0.1) is 0 Å². The zero-order valence-corrected chi connectivity index (χ0v) is 15.0. The fourth-order valence-corrected chi connectivity index (χ4v) is 2.69. The zero-order chi connectivity index (χ0) is 17.4. The summed E-state index contributed by atoms with van der Waals surface area (Å²) in [4.78, 5) is 12.3. The van der Waals surface area contributed by atoms with Crippen LogP contribution in [0.25, 0.3) is 0 Å². The van der Waals surface area contributed by atoms with Crippen LogP contribution in [0.1, 0.15) is 30.9 Å². The molecule has 0 fully saturated rings. The maximum atomic E-state index is 12.3. The molecule has 3 nitrogen and oxygen atoms in total. The molecule has 4 heteroatoms. The first kappa shape index (κ1) is 18.3. The van der Waals surface area contributed by atoms with Gasteiger partial charge in [0.25, 0.3) is 5.91 Å². The number of halogens is 1. The Morgan fingerprint density at radius 1 is 1.21 bits per heavy atom. The van der Waals surface area contributed by atoms with Gasteiger partial charge in [-0.05, 0) is 49.9 Å². The van der Waals surface area contributed by atoms with Crippen molar-refractivity contribution in [2.45, 2.75) is 39.2 Å². The van der Waals surface area contributed by atoms with Gasteiger partial charge in [-0.25, -0.2) is 0 Å². The van der Waals surface area contributed by atoms with E-state index in [1.165, 1.54) is 11.1 Å². The number of amides is 1. The number of rotatable bonds is 8. The maximum absolute atomic E-state index is 12.3. The van der Waals surface area contributed by atoms with Crippen molar-refractivity contribution in [1.82, 2.24) is 5.32 Å². The maximum Gasteiger partial charge on any atom is 0.261 e. The molecular formula is C20H24ClNO2. The molecule has 128 valence electrons. The number of hydrogen-bond donors (Lipinski definition) is 1. The Kier molecular flexibility index (Phi) is 7.13. The monoisotopic (exact) mass is 345 g/mol. The number of benzene rings is 2. The van der Waals surface area contributed by atoms with Crippen molar-refractivity contribution in [3.05, 3.63) is 64.7 Å². The van der Waals surface area contributed by atoms with E-state index in [0.29, 0.717) is 23.7 Å². The average Bonchev–Trinajstić information content (AvgIpc) is 2.56. The van der Waals surface area contributed by atoms with Crippen molar-refractivity contribution >= 4 is 17.5 Å². The highest BCUT2D eigenvalue weighted by Gasteiger charge is 2.17. The Bertz CT molecular complexity index is 672. The predicted molar refractivity (Wildman–Crippen MR) is 98.7 cm³/mol. The molecule has 0 aromatic heterocycles. The van der Waals surface area contributed by atoms with Crippen LogP contribution >= 0.6 is 11.6 Å². The van der Waals surface area contributed by atoms with Gasteiger partial charge in [0, 0.05) is 11.6 Å². The lowest BCUT2D eigenvalue weighted by molar-refractivity contribution is -0.128. The lowest BCUT2D eigenvalue weighted by Crippen LogP contribution is -2.38. The van der Waals surface area contributed by atoms with Crippen LogP contribution < -0.4 is 10.1 Å². The number of nitrogens with one attached hydrogen (secondary N) is 1. The van der Waals surface area contributed by atoms with Gasteiger partial charge in [0.15, 0.2) is 6.10 Å². The molecule has 2 rings (SSSR count). The van der Waals surface area contributed by atoms with Gasteiger partial charge in [-0.3, -0.25) is 4.79 Å². The van der Waals surface area contributed by atoms with Gasteiger partial charge >= 0.3 is 0 Å². The summed E-state index contributed by atoms with van der Waals surface area (Å²) in [6, 6.07) is 15.6. The predicted octanol–water partition coefficient (Wildman–Crippen LogP) is 4.55.